The van der Waals surface area contributed by atoms with Gasteiger partial charge in [0.1, 0.15) is 6.10 Å². The van der Waals surface area contributed by atoms with Gasteiger partial charge >= 0.3 is 5.97 Å². The summed E-state index contributed by atoms with van der Waals surface area (Å²) < 4.78 is 5.45. The van der Waals surface area contributed by atoms with Gasteiger partial charge < -0.3 is 4.74 Å². The summed E-state index contributed by atoms with van der Waals surface area (Å²) in [5, 5.41) is 0. The minimum Gasteiger partial charge on any atom is -0.454 e. The first kappa shape index (κ1) is 10.8. The first-order chi connectivity index (χ1) is 8.01. The molecular weight excluding hydrogens is 212 g/mol. The molecular formula is C15H18O2. The molecule has 1 aliphatic heterocycles. The van der Waals surface area contributed by atoms with Gasteiger partial charge in [0.2, 0.25) is 0 Å². The number of allylic oxidation sites excluding steroid dienone is 3. The molecule has 0 radical (unpaired) electrons. The van der Waals surface area contributed by atoms with Gasteiger partial charge in [0.25, 0.3) is 0 Å². The fourth-order valence-electron chi connectivity index (χ4n) is 3.52. The zero-order valence-electron chi connectivity index (χ0n) is 10.5. The molecule has 0 aromatic heterocycles. The smallest absolute Gasteiger partial charge is 0.334 e. The van der Waals surface area contributed by atoms with Gasteiger partial charge in [-0.3, -0.25) is 0 Å². The van der Waals surface area contributed by atoms with E-state index in [1.165, 1.54) is 11.1 Å². The van der Waals surface area contributed by atoms with E-state index in [0.29, 0.717) is 5.92 Å². The molecule has 1 saturated carbocycles. The number of hydrogen-bond donors (Lipinski definition) is 0. The maximum absolute atomic E-state index is 11.6. The minimum atomic E-state index is -0.123. The van der Waals surface area contributed by atoms with Gasteiger partial charge in [0.05, 0.1) is 0 Å². The van der Waals surface area contributed by atoms with Gasteiger partial charge in [-0.1, -0.05) is 31.2 Å². The Morgan fingerprint density at radius 2 is 2.29 bits per heavy atom. The zero-order chi connectivity index (χ0) is 12.2. The number of fused-ring (bicyclic) bond motifs is 2. The van der Waals surface area contributed by atoms with Crippen LogP contribution in [-0.4, -0.2) is 12.1 Å². The van der Waals surface area contributed by atoms with E-state index >= 15 is 0 Å². The average Bonchev–Trinajstić information content (AvgIpc) is 2.52. The molecule has 3 rings (SSSR count). The molecule has 2 heteroatoms. The van der Waals surface area contributed by atoms with Gasteiger partial charge in [-0.25, -0.2) is 4.79 Å². The van der Waals surface area contributed by atoms with Gasteiger partial charge in [0, 0.05) is 5.57 Å². The summed E-state index contributed by atoms with van der Waals surface area (Å²) in [4.78, 5) is 11.6. The predicted molar refractivity (Wildman–Crippen MR) is 66.3 cm³/mol. The van der Waals surface area contributed by atoms with Crippen LogP contribution in [0.5, 0.6) is 0 Å². The molecule has 0 amide bonds. The van der Waals surface area contributed by atoms with Crippen molar-refractivity contribution < 1.29 is 9.53 Å². The van der Waals surface area contributed by atoms with Crippen molar-refractivity contribution in [2.75, 3.05) is 0 Å². The molecule has 0 N–H and O–H groups in total. The lowest BCUT2D eigenvalue weighted by Gasteiger charge is -2.45. The van der Waals surface area contributed by atoms with Crippen LogP contribution in [0, 0.1) is 11.3 Å². The van der Waals surface area contributed by atoms with Crippen molar-refractivity contribution in [3.8, 4) is 0 Å². The van der Waals surface area contributed by atoms with Crippen LogP contribution < -0.4 is 0 Å². The summed E-state index contributed by atoms with van der Waals surface area (Å²) in [7, 11) is 0. The second-order valence-electron chi connectivity index (χ2n) is 5.78. The van der Waals surface area contributed by atoms with Gasteiger partial charge in [0.15, 0.2) is 0 Å². The van der Waals surface area contributed by atoms with Crippen molar-refractivity contribution in [2.45, 2.75) is 39.2 Å². The predicted octanol–water partition coefficient (Wildman–Crippen LogP) is 3.16. The molecule has 3 aliphatic rings. The van der Waals surface area contributed by atoms with Gasteiger partial charge in [-0.05, 0) is 43.1 Å². The maximum Gasteiger partial charge on any atom is 0.334 e. The molecule has 90 valence electrons. The molecule has 2 aliphatic carbocycles. The van der Waals surface area contributed by atoms with Crippen molar-refractivity contribution in [2.24, 2.45) is 11.3 Å². The summed E-state index contributed by atoms with van der Waals surface area (Å²) in [6.45, 7) is 8.35. The Morgan fingerprint density at radius 1 is 1.53 bits per heavy atom. The number of ether oxygens (including phenoxy) is 1. The highest BCUT2D eigenvalue weighted by atomic mass is 16.5. The number of rotatable bonds is 0. The molecule has 3 atom stereocenters. The Kier molecular flexibility index (Phi) is 2.13. The van der Waals surface area contributed by atoms with Gasteiger partial charge in [-0.2, -0.15) is 0 Å². The number of carbonyl (C=O) groups is 1. The Bertz CT molecular complexity index is 469. The lowest BCUT2D eigenvalue weighted by atomic mass is 9.60. The average molecular weight is 230 g/mol. The van der Waals surface area contributed by atoms with Crippen LogP contribution in [0.3, 0.4) is 0 Å². The second-order valence-corrected chi connectivity index (χ2v) is 5.78. The quantitative estimate of drug-likeness (QED) is 0.472. The van der Waals surface area contributed by atoms with Crippen LogP contribution in [0.4, 0.5) is 0 Å². The standard InChI is InChI=1S/C15H18O2/c1-9-5-4-6-15(3)8-13-11(7-12(9)15)10(2)14(16)17-13/h4,6,12-13H,1,5,7-8H2,2-3H3/t12-,13-,15+/m0/s1. The van der Waals surface area contributed by atoms with Crippen molar-refractivity contribution in [3.05, 3.63) is 35.5 Å². The Morgan fingerprint density at radius 3 is 3.06 bits per heavy atom. The molecule has 0 unspecified atom stereocenters. The highest BCUT2D eigenvalue weighted by Crippen LogP contribution is 2.53. The van der Waals surface area contributed by atoms with E-state index in [1.807, 2.05) is 6.92 Å². The Balaban J connectivity index is 2.01. The summed E-state index contributed by atoms with van der Waals surface area (Å²) in [5.74, 6) is 0.352. The van der Waals surface area contributed by atoms with Crippen LogP contribution in [0.1, 0.15) is 33.1 Å². The molecule has 0 aromatic carbocycles. The summed E-state index contributed by atoms with van der Waals surface area (Å²) in [5.41, 5.74) is 3.47. The molecule has 1 fully saturated rings. The number of carbonyl (C=O) groups excluding carboxylic acids is 1. The molecule has 0 aromatic rings. The third-order valence-corrected chi connectivity index (χ3v) is 4.64. The van der Waals surface area contributed by atoms with E-state index in [4.69, 9.17) is 4.74 Å². The second kappa shape index (κ2) is 3.34. The van der Waals surface area contributed by atoms with Crippen LogP contribution >= 0.6 is 0 Å². The molecule has 2 nitrogen and oxygen atoms in total. The first-order valence-electron chi connectivity index (χ1n) is 6.27. The Labute approximate surface area is 102 Å². The van der Waals surface area contributed by atoms with E-state index < -0.39 is 0 Å². The topological polar surface area (TPSA) is 26.3 Å². The molecule has 0 bridgehead atoms. The normalized spacial score (nSPS) is 40.1. The summed E-state index contributed by atoms with van der Waals surface area (Å²) in [6.07, 6.45) is 7.35. The van der Waals surface area contributed by atoms with Crippen molar-refractivity contribution >= 4 is 5.97 Å². The molecule has 0 saturated heterocycles. The number of esters is 1. The van der Waals surface area contributed by atoms with E-state index in [0.717, 1.165) is 24.8 Å². The zero-order valence-corrected chi connectivity index (χ0v) is 10.5. The molecule has 0 spiro atoms. The lowest BCUT2D eigenvalue weighted by Crippen LogP contribution is -2.39. The van der Waals surface area contributed by atoms with Crippen LogP contribution in [-0.2, 0) is 9.53 Å². The van der Waals surface area contributed by atoms with Crippen molar-refractivity contribution in [1.29, 1.82) is 0 Å². The first-order valence-corrected chi connectivity index (χ1v) is 6.27. The highest BCUT2D eigenvalue weighted by molar-refractivity contribution is 5.91. The van der Waals surface area contributed by atoms with Crippen molar-refractivity contribution in [1.82, 2.24) is 0 Å². The fraction of sp³-hybridized carbons (Fsp3) is 0.533. The summed E-state index contributed by atoms with van der Waals surface area (Å²) >= 11 is 0. The third kappa shape index (κ3) is 1.43. The van der Waals surface area contributed by atoms with E-state index in [1.54, 1.807) is 0 Å². The Hall–Kier alpha value is -1.31. The molecule has 17 heavy (non-hydrogen) atoms. The third-order valence-electron chi connectivity index (χ3n) is 4.64. The summed E-state index contributed by atoms with van der Waals surface area (Å²) in [6, 6.07) is 0. The minimum absolute atomic E-state index is 0.0132. The lowest BCUT2D eigenvalue weighted by molar-refractivity contribution is -0.141. The highest BCUT2D eigenvalue weighted by Gasteiger charge is 2.47. The SMILES string of the molecule is C=C1CC=C[C@]2(C)C[C@@H]3OC(=O)C(C)=C3C[C@@H]12. The van der Waals surface area contributed by atoms with Crippen LogP contribution in [0.25, 0.3) is 0 Å². The van der Waals surface area contributed by atoms with E-state index in [2.05, 4.69) is 25.7 Å². The maximum atomic E-state index is 11.6. The molecule has 1 heterocycles. The number of hydrogen-bond acceptors (Lipinski definition) is 2. The van der Waals surface area contributed by atoms with Crippen LogP contribution in [0.15, 0.2) is 35.5 Å². The van der Waals surface area contributed by atoms with E-state index in [-0.39, 0.29) is 17.5 Å². The monoisotopic (exact) mass is 230 g/mol. The van der Waals surface area contributed by atoms with Crippen LogP contribution in [0.2, 0.25) is 0 Å². The largest absolute Gasteiger partial charge is 0.454 e. The fourth-order valence-corrected chi connectivity index (χ4v) is 3.52. The van der Waals surface area contributed by atoms with Gasteiger partial charge in [-0.15, -0.1) is 0 Å². The van der Waals surface area contributed by atoms with Crippen molar-refractivity contribution in [3.63, 3.8) is 0 Å². The van der Waals surface area contributed by atoms with E-state index in [9.17, 15) is 4.79 Å².